The number of benzene rings is 1. The summed E-state index contributed by atoms with van der Waals surface area (Å²) in [4.78, 5) is 30.2. The summed E-state index contributed by atoms with van der Waals surface area (Å²) in [5, 5.41) is 44.2. The standard InChI is InChI=1S/C52H65N3O12/c1-25(2)14-13-19-50(10)20-18-29-40(65-50)28(16-15-26(3)4)42-35(41(29)63-47-39(57)38(56)43-32(62-47)24-61-49(8,9)64-43)37-36-34(31(23-53)45(54)55(37)11)30-22-33-48(6,7)67-51(44(30)58,52(33,36)66-42)21-17-27(5)46(59)60-12/h14-15,17-18,20,30-34,38-39,43,47,54,56-57H,13,16,19,21-22,24H2,1-12H3/t30?,31?,32-,33?,34?,38-,39-,43-,47+,50?,51?,52?/m0/s1. The van der Waals surface area contributed by atoms with Crippen molar-refractivity contribution in [3.63, 3.8) is 0 Å². The number of methoxy groups -OCH3 is 1. The number of esters is 1. The summed E-state index contributed by atoms with van der Waals surface area (Å²) in [7, 11) is 3.05. The van der Waals surface area contributed by atoms with Crippen LogP contribution in [0.15, 0.2) is 46.6 Å². The molecule has 1 aromatic rings. The zero-order valence-corrected chi connectivity index (χ0v) is 40.7. The molecule has 7 unspecified atom stereocenters. The van der Waals surface area contributed by atoms with E-state index in [2.05, 4.69) is 32.1 Å². The number of hydrogen-bond acceptors (Lipinski definition) is 14. The molecule has 1 spiro atoms. The Morgan fingerprint density at radius 3 is 2.42 bits per heavy atom. The summed E-state index contributed by atoms with van der Waals surface area (Å²) in [6.07, 6.45) is 5.67. The molecule has 3 N–H and O–H groups in total. The molecule has 360 valence electrons. The third-order valence-corrected chi connectivity index (χ3v) is 15.4. The van der Waals surface area contributed by atoms with Gasteiger partial charge >= 0.3 is 5.97 Å². The maximum Gasteiger partial charge on any atom is 0.333 e. The molecule has 15 nitrogen and oxygen atoms in total. The number of aliphatic hydroxyl groups is 2. The fourth-order valence-electron chi connectivity index (χ4n) is 12.3. The van der Waals surface area contributed by atoms with Crippen molar-refractivity contribution < 1.29 is 57.7 Å². The van der Waals surface area contributed by atoms with Gasteiger partial charge in [0.15, 0.2) is 22.8 Å². The Hall–Kier alpha value is -4.82. The van der Waals surface area contributed by atoms with E-state index in [0.29, 0.717) is 64.3 Å². The molecule has 6 heterocycles. The van der Waals surface area contributed by atoms with Gasteiger partial charge in [-0.15, -0.1) is 0 Å². The molecule has 15 heteroatoms. The number of fused-ring (bicyclic) bond motifs is 4. The number of aliphatic hydroxyl groups excluding tert-OH is 2. The molecule has 6 fully saturated rings. The number of nitrogens with zero attached hydrogens (tertiary/aromatic N) is 2. The molecular weight excluding hydrogens is 859 g/mol. The van der Waals surface area contributed by atoms with E-state index in [4.69, 9.17) is 37.9 Å². The topological polar surface area (TPSA) is 199 Å². The van der Waals surface area contributed by atoms with Crippen molar-refractivity contribution >= 4 is 29.4 Å². The lowest BCUT2D eigenvalue weighted by molar-refractivity contribution is -0.373. The third kappa shape index (κ3) is 6.98. The fourth-order valence-corrected chi connectivity index (χ4v) is 12.3. The van der Waals surface area contributed by atoms with Gasteiger partial charge in [-0.3, -0.25) is 10.2 Å². The SMILES string of the molecule is COC(=O)C(C)=CCC12OC(C)(C)C3CC(C1=O)C1C4=C(c5c(O[C@H]6O[C@H]7COC(C)(C)O[C@@H]7[C@@H](O)[C@@H]6O)c6c(c(CC=C(C)C)c5OC432)OC(C)(CCC=C(C)C)C=C6)N(C)C(=N)C1C#N. The van der Waals surface area contributed by atoms with Crippen molar-refractivity contribution in [3.05, 3.63) is 63.3 Å². The largest absolute Gasteiger partial charge is 0.482 e. The van der Waals surface area contributed by atoms with Crippen LogP contribution in [-0.4, -0.2) is 112 Å². The van der Waals surface area contributed by atoms with Crippen LogP contribution in [0.4, 0.5) is 0 Å². The number of amidine groups is 1. The third-order valence-electron chi connectivity index (χ3n) is 15.4. The van der Waals surface area contributed by atoms with Gasteiger partial charge in [-0.2, -0.15) is 5.26 Å². The average Bonchev–Trinajstić information content (AvgIpc) is 3.41. The quantitative estimate of drug-likeness (QED) is 0.125. The van der Waals surface area contributed by atoms with Gasteiger partial charge in [0.05, 0.1) is 42.2 Å². The number of ether oxygens (including phenoxy) is 8. The average molecular weight is 924 g/mol. The molecule has 4 bridgehead atoms. The summed E-state index contributed by atoms with van der Waals surface area (Å²) >= 11 is 0. The monoisotopic (exact) mass is 923 g/mol. The Balaban J connectivity index is 1.35. The number of carbonyl (C=O) groups excluding carboxylic acids is 2. The highest BCUT2D eigenvalue weighted by Gasteiger charge is 2.84. The molecule has 6 aliphatic heterocycles. The Labute approximate surface area is 392 Å². The predicted molar refractivity (Wildman–Crippen MR) is 246 cm³/mol. The predicted octanol–water partition coefficient (Wildman–Crippen LogP) is 6.88. The first-order valence-corrected chi connectivity index (χ1v) is 23.5. The van der Waals surface area contributed by atoms with Crippen molar-refractivity contribution in [1.82, 2.24) is 4.90 Å². The van der Waals surface area contributed by atoms with Crippen molar-refractivity contribution in [2.45, 2.75) is 160 Å². The van der Waals surface area contributed by atoms with Crippen LogP contribution in [0, 0.1) is 40.4 Å². The van der Waals surface area contributed by atoms with Crippen LogP contribution in [0.25, 0.3) is 11.8 Å². The maximum absolute atomic E-state index is 15.6. The molecule has 0 aromatic heterocycles. The van der Waals surface area contributed by atoms with E-state index >= 15 is 4.79 Å². The van der Waals surface area contributed by atoms with Gasteiger partial charge < -0.3 is 53.0 Å². The van der Waals surface area contributed by atoms with Gasteiger partial charge in [0, 0.05) is 47.9 Å². The highest BCUT2D eigenvalue weighted by molar-refractivity contribution is 6.06. The van der Waals surface area contributed by atoms with E-state index in [1.807, 2.05) is 46.8 Å². The number of Topliss-reactive ketones (excluding diaryl/α,β-unsaturated/α-hetero) is 1. The smallest absolute Gasteiger partial charge is 0.333 e. The van der Waals surface area contributed by atoms with Crippen LogP contribution >= 0.6 is 0 Å². The number of nitrogens with one attached hydrogen (secondary N) is 1. The van der Waals surface area contributed by atoms with E-state index in [0.717, 1.165) is 12.0 Å². The van der Waals surface area contributed by atoms with Crippen LogP contribution in [-0.2, 0) is 39.7 Å². The number of allylic oxidation sites excluding steroid dienone is 4. The van der Waals surface area contributed by atoms with Gasteiger partial charge in [-0.05, 0) is 107 Å². The summed E-state index contributed by atoms with van der Waals surface area (Å²) < 4.78 is 52.8. The van der Waals surface area contributed by atoms with E-state index < -0.39 is 88.5 Å². The highest BCUT2D eigenvalue weighted by Crippen LogP contribution is 2.74. The van der Waals surface area contributed by atoms with E-state index in [-0.39, 0.29) is 30.4 Å². The van der Waals surface area contributed by atoms with E-state index in [1.165, 1.54) is 12.7 Å². The molecule has 67 heavy (non-hydrogen) atoms. The lowest BCUT2D eigenvalue weighted by atomic mass is 9.44. The molecule has 9 aliphatic rings. The van der Waals surface area contributed by atoms with Crippen LogP contribution in [0.1, 0.15) is 112 Å². The normalized spacial score (nSPS) is 36.9. The van der Waals surface area contributed by atoms with Gasteiger partial charge in [-0.1, -0.05) is 29.4 Å². The molecule has 3 saturated carbocycles. The molecule has 3 aliphatic carbocycles. The molecule has 0 amide bonds. The number of hydrogen-bond donors (Lipinski definition) is 3. The lowest BCUT2D eigenvalue weighted by Gasteiger charge is -2.64. The fraction of sp³-hybridized carbons (Fsp3) is 0.615. The zero-order chi connectivity index (χ0) is 48.5. The molecule has 12 atom stereocenters. The summed E-state index contributed by atoms with van der Waals surface area (Å²) in [6, 6.07) is 2.40. The Bertz CT molecular complexity index is 2520. The minimum atomic E-state index is -1.69. The lowest BCUT2D eigenvalue weighted by Crippen LogP contribution is -2.76. The second-order valence-corrected chi connectivity index (χ2v) is 21.3. The van der Waals surface area contributed by atoms with Gasteiger partial charge in [0.25, 0.3) is 0 Å². The Morgan fingerprint density at radius 1 is 1.03 bits per heavy atom. The van der Waals surface area contributed by atoms with Crippen molar-refractivity contribution in [3.8, 4) is 23.3 Å². The van der Waals surface area contributed by atoms with E-state index in [1.54, 1.807) is 38.8 Å². The van der Waals surface area contributed by atoms with Crippen molar-refractivity contribution in [2.24, 2.45) is 23.7 Å². The highest BCUT2D eigenvalue weighted by atomic mass is 16.8. The van der Waals surface area contributed by atoms with Gasteiger partial charge in [0.2, 0.25) is 6.29 Å². The molecule has 10 rings (SSSR count). The van der Waals surface area contributed by atoms with Crippen molar-refractivity contribution in [1.29, 1.82) is 10.7 Å². The van der Waals surface area contributed by atoms with Crippen LogP contribution < -0.4 is 14.2 Å². The van der Waals surface area contributed by atoms with Gasteiger partial charge in [-0.25, -0.2) is 4.79 Å². The maximum atomic E-state index is 15.6. The molecule has 0 radical (unpaired) electrons. The first-order valence-electron chi connectivity index (χ1n) is 23.5. The molecule has 1 aromatic carbocycles. The van der Waals surface area contributed by atoms with Crippen molar-refractivity contribution in [2.75, 3.05) is 20.8 Å². The Morgan fingerprint density at radius 2 is 1.75 bits per heavy atom. The molecular formula is C52H65N3O12. The minimum absolute atomic E-state index is 0.00269. The van der Waals surface area contributed by atoms with Gasteiger partial charge in [0.1, 0.15) is 59.0 Å². The summed E-state index contributed by atoms with van der Waals surface area (Å²) in [6.45, 7) is 19.2. The first-order chi connectivity index (χ1) is 31.5. The van der Waals surface area contributed by atoms with Crippen LogP contribution in [0.5, 0.6) is 17.2 Å². The number of rotatable bonds is 10. The molecule has 3 saturated heterocycles. The second kappa shape index (κ2) is 16.1. The Kier molecular flexibility index (Phi) is 11.4. The number of carbonyl (C=O) groups is 2. The van der Waals surface area contributed by atoms with Crippen LogP contribution in [0.3, 0.4) is 0 Å². The second-order valence-electron chi connectivity index (χ2n) is 21.3. The zero-order valence-electron chi connectivity index (χ0n) is 40.7. The van der Waals surface area contributed by atoms with Crippen LogP contribution in [0.2, 0.25) is 0 Å². The minimum Gasteiger partial charge on any atom is -0.482 e. The van der Waals surface area contributed by atoms with E-state index in [9.17, 15) is 25.7 Å². The number of ketones is 1. The summed E-state index contributed by atoms with van der Waals surface area (Å²) in [5.74, 6) is -3.81. The first kappa shape index (κ1) is 47.3. The number of nitriles is 1. The summed E-state index contributed by atoms with van der Waals surface area (Å²) in [5.41, 5.74) is 0.278.